The molecule has 27 heavy (non-hydrogen) atoms. The second kappa shape index (κ2) is 10.3. The van der Waals surface area contributed by atoms with Gasteiger partial charge in [0, 0.05) is 42.4 Å². The average Bonchev–Trinajstić information content (AvgIpc) is 3.19. The summed E-state index contributed by atoms with van der Waals surface area (Å²) in [5.74, 6) is 1.72. The van der Waals surface area contributed by atoms with Gasteiger partial charge in [0.05, 0.1) is 11.5 Å². The Hall–Kier alpha value is -0.550. The number of sulfone groups is 1. The van der Waals surface area contributed by atoms with Crippen LogP contribution in [-0.4, -0.2) is 58.1 Å². The zero-order chi connectivity index (χ0) is 18.6. The van der Waals surface area contributed by atoms with Gasteiger partial charge in [-0.15, -0.1) is 24.0 Å². The second-order valence-corrected chi connectivity index (χ2v) is 10.2. The minimum absolute atomic E-state index is 0. The minimum Gasteiger partial charge on any atom is -0.371 e. The van der Waals surface area contributed by atoms with Crippen molar-refractivity contribution in [3.63, 3.8) is 0 Å². The van der Waals surface area contributed by atoms with Crippen molar-refractivity contribution in [1.29, 1.82) is 0 Å². The molecule has 0 bridgehead atoms. The van der Waals surface area contributed by atoms with E-state index in [1.807, 2.05) is 13.0 Å². The Bertz CT molecular complexity index is 759. The van der Waals surface area contributed by atoms with Gasteiger partial charge in [0.15, 0.2) is 15.8 Å². The van der Waals surface area contributed by atoms with Crippen molar-refractivity contribution in [1.82, 2.24) is 10.6 Å². The fourth-order valence-corrected chi connectivity index (χ4v) is 5.59. The highest BCUT2D eigenvalue weighted by Crippen LogP contribution is 2.26. The second-order valence-electron chi connectivity index (χ2n) is 7.04. The van der Waals surface area contributed by atoms with Gasteiger partial charge < -0.3 is 15.5 Å². The Morgan fingerprint density at radius 2 is 2.19 bits per heavy atom. The van der Waals surface area contributed by atoms with Gasteiger partial charge in [-0.05, 0) is 43.9 Å². The average molecular weight is 571 g/mol. The highest BCUT2D eigenvalue weighted by atomic mass is 127. The Morgan fingerprint density at radius 3 is 2.85 bits per heavy atom. The van der Waals surface area contributed by atoms with Crippen molar-refractivity contribution in [2.45, 2.75) is 25.8 Å². The maximum atomic E-state index is 11.6. The van der Waals surface area contributed by atoms with Crippen molar-refractivity contribution in [3.05, 3.63) is 28.7 Å². The number of anilines is 1. The Balaban J connectivity index is 0.00000261. The first kappa shape index (κ1) is 22.7. The first-order valence-electron chi connectivity index (χ1n) is 9.21. The molecule has 0 aromatic heterocycles. The smallest absolute Gasteiger partial charge is 0.191 e. The summed E-state index contributed by atoms with van der Waals surface area (Å²) in [6.45, 7) is 5.57. The van der Waals surface area contributed by atoms with Gasteiger partial charge in [0.2, 0.25) is 0 Å². The summed E-state index contributed by atoms with van der Waals surface area (Å²) in [6, 6.07) is 8.37. The van der Waals surface area contributed by atoms with Gasteiger partial charge in [-0.1, -0.05) is 22.0 Å². The molecule has 0 spiro atoms. The topological polar surface area (TPSA) is 73.8 Å². The van der Waals surface area contributed by atoms with Gasteiger partial charge in [-0.25, -0.2) is 8.42 Å². The number of hydrogen-bond donors (Lipinski definition) is 2. The van der Waals surface area contributed by atoms with E-state index in [4.69, 9.17) is 4.99 Å². The lowest BCUT2D eigenvalue weighted by molar-refractivity contribution is 0.590. The normalized spacial score (nSPS) is 24.5. The number of halogens is 2. The van der Waals surface area contributed by atoms with Crippen LogP contribution < -0.4 is 15.5 Å². The van der Waals surface area contributed by atoms with Crippen molar-refractivity contribution in [3.8, 4) is 0 Å². The molecule has 2 aliphatic heterocycles. The summed E-state index contributed by atoms with van der Waals surface area (Å²) in [7, 11) is -2.88. The van der Waals surface area contributed by atoms with Crippen molar-refractivity contribution in [2.75, 3.05) is 42.6 Å². The van der Waals surface area contributed by atoms with E-state index in [-0.39, 0.29) is 41.5 Å². The summed E-state index contributed by atoms with van der Waals surface area (Å²) in [4.78, 5) is 7.11. The predicted octanol–water partition coefficient (Wildman–Crippen LogP) is 2.64. The van der Waals surface area contributed by atoms with Crippen molar-refractivity contribution in [2.24, 2.45) is 10.9 Å². The molecule has 2 aliphatic rings. The van der Waals surface area contributed by atoms with E-state index in [1.54, 1.807) is 0 Å². The van der Waals surface area contributed by atoms with E-state index < -0.39 is 9.84 Å². The van der Waals surface area contributed by atoms with E-state index >= 15 is 0 Å². The zero-order valence-electron chi connectivity index (χ0n) is 15.5. The number of guanidine groups is 1. The minimum atomic E-state index is -2.88. The molecule has 0 saturated carbocycles. The van der Waals surface area contributed by atoms with Crippen LogP contribution in [0, 0.1) is 5.92 Å². The lowest BCUT2D eigenvalue weighted by Crippen LogP contribution is -2.44. The Kier molecular flexibility index (Phi) is 8.67. The maximum absolute atomic E-state index is 11.6. The molecule has 2 saturated heterocycles. The van der Waals surface area contributed by atoms with Gasteiger partial charge in [-0.2, -0.15) is 0 Å². The number of benzene rings is 1. The van der Waals surface area contributed by atoms with Crippen molar-refractivity contribution < 1.29 is 8.42 Å². The fourth-order valence-electron chi connectivity index (χ4n) is 3.53. The van der Waals surface area contributed by atoms with Crippen LogP contribution in [0.5, 0.6) is 0 Å². The first-order valence-corrected chi connectivity index (χ1v) is 11.8. The van der Waals surface area contributed by atoms with Crippen LogP contribution in [-0.2, 0) is 9.84 Å². The molecule has 0 amide bonds. The van der Waals surface area contributed by atoms with Crippen LogP contribution in [0.4, 0.5) is 5.69 Å². The fraction of sp³-hybridized carbons (Fsp3) is 0.611. The predicted molar refractivity (Wildman–Crippen MR) is 126 cm³/mol. The van der Waals surface area contributed by atoms with Gasteiger partial charge in [0.1, 0.15) is 0 Å². The number of nitrogens with zero attached hydrogens (tertiary/aromatic N) is 2. The van der Waals surface area contributed by atoms with E-state index in [2.05, 4.69) is 49.7 Å². The molecule has 152 valence electrons. The summed E-state index contributed by atoms with van der Waals surface area (Å²) in [5.41, 5.74) is 1.24. The molecule has 2 atom stereocenters. The molecule has 2 N–H and O–H groups in total. The van der Waals surface area contributed by atoms with E-state index in [0.29, 0.717) is 12.3 Å². The molecule has 6 nitrogen and oxygen atoms in total. The summed E-state index contributed by atoms with van der Waals surface area (Å²) >= 11 is 3.53. The number of hydrogen-bond acceptors (Lipinski definition) is 4. The monoisotopic (exact) mass is 570 g/mol. The van der Waals surface area contributed by atoms with Gasteiger partial charge in [0.25, 0.3) is 0 Å². The van der Waals surface area contributed by atoms with Crippen LogP contribution in [0.1, 0.15) is 19.8 Å². The third kappa shape index (κ3) is 6.77. The summed E-state index contributed by atoms with van der Waals surface area (Å²) in [6.07, 6.45) is 1.78. The molecule has 1 aromatic carbocycles. The molecule has 9 heteroatoms. The molecule has 2 unspecified atom stereocenters. The quantitative estimate of drug-likeness (QED) is 0.323. The standard InChI is InChI=1S/C18H27BrN4O2S.HI/c1-2-20-18(22-16-7-9-26(24,25)13-16)21-11-14-6-8-23(12-14)17-5-3-4-15(19)10-17;/h3-5,10,14,16H,2,6-9,11-13H2,1H3,(H2,20,21,22);1H. The molecule has 1 aromatic rings. The molecule has 2 fully saturated rings. The molecule has 3 rings (SSSR count). The number of rotatable bonds is 5. The van der Waals surface area contributed by atoms with Gasteiger partial charge >= 0.3 is 0 Å². The molecule has 2 heterocycles. The Morgan fingerprint density at radius 1 is 1.37 bits per heavy atom. The van der Waals surface area contributed by atoms with E-state index in [0.717, 1.165) is 43.0 Å². The van der Waals surface area contributed by atoms with Crippen LogP contribution in [0.2, 0.25) is 0 Å². The maximum Gasteiger partial charge on any atom is 0.191 e. The van der Waals surface area contributed by atoms with Crippen molar-refractivity contribution >= 4 is 61.4 Å². The number of aliphatic imine (C=N–C) groups is 1. The summed E-state index contributed by atoms with van der Waals surface area (Å²) < 4.78 is 24.4. The van der Waals surface area contributed by atoms with Crippen LogP contribution >= 0.6 is 39.9 Å². The molecule has 0 aliphatic carbocycles. The third-order valence-electron chi connectivity index (χ3n) is 4.88. The lowest BCUT2D eigenvalue weighted by Gasteiger charge is -2.19. The first-order chi connectivity index (χ1) is 12.4. The van der Waals surface area contributed by atoms with E-state index in [1.165, 1.54) is 5.69 Å². The highest BCUT2D eigenvalue weighted by molar-refractivity contribution is 14.0. The molecular weight excluding hydrogens is 543 g/mol. The van der Waals surface area contributed by atoms with Crippen LogP contribution in [0.15, 0.2) is 33.7 Å². The largest absolute Gasteiger partial charge is 0.371 e. The van der Waals surface area contributed by atoms with Crippen LogP contribution in [0.3, 0.4) is 0 Å². The van der Waals surface area contributed by atoms with Gasteiger partial charge in [-0.3, -0.25) is 4.99 Å². The molecular formula is C18H28BrIN4O2S. The summed E-state index contributed by atoms with van der Waals surface area (Å²) in [5, 5.41) is 6.52. The lowest BCUT2D eigenvalue weighted by atomic mass is 10.1. The Labute approximate surface area is 187 Å². The third-order valence-corrected chi connectivity index (χ3v) is 7.15. The van der Waals surface area contributed by atoms with Crippen LogP contribution in [0.25, 0.3) is 0 Å². The molecule has 0 radical (unpaired) electrons. The zero-order valence-corrected chi connectivity index (χ0v) is 20.3. The number of nitrogens with one attached hydrogen (secondary N) is 2. The van der Waals surface area contributed by atoms with E-state index in [9.17, 15) is 8.42 Å². The SMILES string of the molecule is CCNC(=NCC1CCN(c2cccc(Br)c2)C1)NC1CCS(=O)(=O)C1.I. The highest BCUT2D eigenvalue weighted by Gasteiger charge is 2.28.